The van der Waals surface area contributed by atoms with Gasteiger partial charge in [0.15, 0.2) is 0 Å². The lowest BCUT2D eigenvalue weighted by atomic mass is 10.1. The highest BCUT2D eigenvalue weighted by Crippen LogP contribution is 2.32. The minimum atomic E-state index is -0.425. The molecule has 1 N–H and O–H groups in total. The summed E-state index contributed by atoms with van der Waals surface area (Å²) in [6.45, 7) is 6.23. The molecule has 0 heterocycles. The van der Waals surface area contributed by atoms with Crippen molar-refractivity contribution in [1.82, 2.24) is 5.32 Å². The van der Waals surface area contributed by atoms with E-state index in [4.69, 9.17) is 23.2 Å². The molecule has 0 spiro atoms. The third-order valence-corrected chi connectivity index (χ3v) is 3.75. The number of benzene rings is 1. The van der Waals surface area contributed by atoms with Crippen molar-refractivity contribution in [2.45, 2.75) is 52.1 Å². The summed E-state index contributed by atoms with van der Waals surface area (Å²) < 4.78 is 13.4. The van der Waals surface area contributed by atoms with E-state index in [-0.39, 0.29) is 11.1 Å². The summed E-state index contributed by atoms with van der Waals surface area (Å²) in [4.78, 5) is 0. The lowest BCUT2D eigenvalue weighted by molar-refractivity contribution is 0.443. The molecule has 0 aliphatic rings. The van der Waals surface area contributed by atoms with Gasteiger partial charge in [0, 0.05) is 22.7 Å². The predicted molar refractivity (Wildman–Crippen MR) is 77.0 cm³/mol. The van der Waals surface area contributed by atoms with Crippen LogP contribution in [0.1, 0.15) is 51.6 Å². The van der Waals surface area contributed by atoms with Crippen molar-refractivity contribution < 1.29 is 4.39 Å². The average molecular weight is 292 g/mol. The predicted octanol–water partition coefficient (Wildman–Crippen LogP) is 5.36. The zero-order chi connectivity index (χ0) is 13.7. The zero-order valence-electron chi connectivity index (χ0n) is 11.1. The molecule has 102 valence electrons. The Morgan fingerprint density at radius 1 is 1.28 bits per heavy atom. The molecule has 0 aliphatic heterocycles. The van der Waals surface area contributed by atoms with Crippen LogP contribution in [-0.2, 0) is 0 Å². The number of nitrogens with one attached hydrogen (secondary N) is 1. The molecular formula is C14H20Cl2FN. The van der Waals surface area contributed by atoms with Gasteiger partial charge in [-0.15, -0.1) is 0 Å². The highest BCUT2D eigenvalue weighted by molar-refractivity contribution is 6.36. The molecular weight excluding hydrogens is 272 g/mol. The topological polar surface area (TPSA) is 12.0 Å². The molecule has 0 amide bonds. The number of halogens is 3. The zero-order valence-corrected chi connectivity index (χ0v) is 12.6. The van der Waals surface area contributed by atoms with Crippen LogP contribution in [0.15, 0.2) is 12.1 Å². The van der Waals surface area contributed by atoms with Crippen molar-refractivity contribution in [1.29, 1.82) is 0 Å². The smallest absolute Gasteiger partial charge is 0.142 e. The first-order valence-corrected chi connectivity index (χ1v) is 7.12. The molecule has 1 aromatic rings. The Morgan fingerprint density at radius 3 is 2.56 bits per heavy atom. The van der Waals surface area contributed by atoms with E-state index >= 15 is 0 Å². The van der Waals surface area contributed by atoms with Crippen LogP contribution >= 0.6 is 23.2 Å². The summed E-state index contributed by atoms with van der Waals surface area (Å²) in [5, 5.41) is 4.02. The van der Waals surface area contributed by atoms with Crippen molar-refractivity contribution in [3.63, 3.8) is 0 Å². The molecule has 1 nitrogen and oxygen atoms in total. The third kappa shape index (κ3) is 4.11. The van der Waals surface area contributed by atoms with Crippen molar-refractivity contribution in [2.75, 3.05) is 0 Å². The lowest BCUT2D eigenvalue weighted by Crippen LogP contribution is -2.29. The first-order chi connectivity index (χ1) is 8.47. The van der Waals surface area contributed by atoms with Gasteiger partial charge in [-0.1, -0.05) is 43.0 Å². The number of unbranched alkanes of at least 4 members (excludes halogenated alkanes) is 1. The minimum absolute atomic E-state index is 0.0624. The van der Waals surface area contributed by atoms with Gasteiger partial charge in [-0.2, -0.15) is 0 Å². The van der Waals surface area contributed by atoms with Gasteiger partial charge in [0.25, 0.3) is 0 Å². The SMILES string of the molecule is CCCCC(C)NC(C)c1c(Cl)ccc(F)c1Cl. The van der Waals surface area contributed by atoms with E-state index < -0.39 is 5.82 Å². The van der Waals surface area contributed by atoms with E-state index in [1.54, 1.807) is 6.07 Å². The Morgan fingerprint density at radius 2 is 1.94 bits per heavy atom. The molecule has 1 aromatic carbocycles. The maximum atomic E-state index is 13.4. The fourth-order valence-electron chi connectivity index (χ4n) is 2.04. The molecule has 4 heteroatoms. The molecule has 2 unspecified atom stereocenters. The fourth-order valence-corrected chi connectivity index (χ4v) is 2.74. The summed E-state index contributed by atoms with van der Waals surface area (Å²) in [7, 11) is 0. The monoisotopic (exact) mass is 291 g/mol. The maximum Gasteiger partial charge on any atom is 0.142 e. The Labute approximate surface area is 119 Å². The number of rotatable bonds is 6. The Balaban J connectivity index is 2.78. The second kappa shape index (κ2) is 7.32. The average Bonchev–Trinajstić information content (AvgIpc) is 2.31. The molecule has 0 fully saturated rings. The molecule has 0 saturated heterocycles. The highest BCUT2D eigenvalue weighted by Gasteiger charge is 2.18. The van der Waals surface area contributed by atoms with Crippen molar-refractivity contribution in [2.24, 2.45) is 0 Å². The Kier molecular flexibility index (Phi) is 6.40. The van der Waals surface area contributed by atoms with E-state index in [9.17, 15) is 4.39 Å². The fraction of sp³-hybridized carbons (Fsp3) is 0.571. The van der Waals surface area contributed by atoms with Crippen LogP contribution in [0.25, 0.3) is 0 Å². The Bertz CT molecular complexity index is 396. The van der Waals surface area contributed by atoms with Crippen LogP contribution in [0.5, 0.6) is 0 Å². The first-order valence-electron chi connectivity index (χ1n) is 6.36. The van der Waals surface area contributed by atoms with Gasteiger partial charge in [0.1, 0.15) is 5.82 Å². The summed E-state index contributed by atoms with van der Waals surface area (Å²) >= 11 is 12.1. The largest absolute Gasteiger partial charge is 0.308 e. The van der Waals surface area contributed by atoms with Gasteiger partial charge in [-0.05, 0) is 32.4 Å². The van der Waals surface area contributed by atoms with Gasteiger partial charge in [0.2, 0.25) is 0 Å². The molecule has 0 radical (unpaired) electrons. The number of hydrogen-bond donors (Lipinski definition) is 1. The first kappa shape index (κ1) is 15.7. The summed E-state index contributed by atoms with van der Waals surface area (Å²) in [5.74, 6) is -0.425. The molecule has 2 atom stereocenters. The van der Waals surface area contributed by atoms with Crippen LogP contribution in [-0.4, -0.2) is 6.04 Å². The van der Waals surface area contributed by atoms with E-state index in [1.807, 2.05) is 6.92 Å². The molecule has 18 heavy (non-hydrogen) atoms. The summed E-state index contributed by atoms with van der Waals surface area (Å²) in [6, 6.07) is 3.14. The van der Waals surface area contributed by atoms with E-state index in [0.717, 1.165) is 6.42 Å². The van der Waals surface area contributed by atoms with Crippen molar-refractivity contribution in [3.8, 4) is 0 Å². The van der Waals surface area contributed by atoms with Crippen LogP contribution in [0.3, 0.4) is 0 Å². The summed E-state index contributed by atoms with van der Waals surface area (Å²) in [6.07, 6.45) is 3.43. The van der Waals surface area contributed by atoms with E-state index in [0.29, 0.717) is 16.6 Å². The van der Waals surface area contributed by atoms with E-state index in [1.165, 1.54) is 18.9 Å². The number of hydrogen-bond acceptors (Lipinski definition) is 1. The van der Waals surface area contributed by atoms with Crippen LogP contribution in [0.2, 0.25) is 10.0 Å². The van der Waals surface area contributed by atoms with Gasteiger partial charge >= 0.3 is 0 Å². The van der Waals surface area contributed by atoms with Crippen molar-refractivity contribution in [3.05, 3.63) is 33.6 Å². The normalized spacial score (nSPS) is 14.6. The van der Waals surface area contributed by atoms with Gasteiger partial charge in [0.05, 0.1) is 5.02 Å². The molecule has 1 rings (SSSR count). The maximum absolute atomic E-state index is 13.4. The van der Waals surface area contributed by atoms with Gasteiger partial charge in [-0.3, -0.25) is 0 Å². The molecule has 0 saturated carbocycles. The second-order valence-corrected chi connectivity index (χ2v) is 5.47. The highest BCUT2D eigenvalue weighted by atomic mass is 35.5. The quantitative estimate of drug-likeness (QED) is 0.696. The standard InChI is InChI=1S/C14H20Cl2FN/c1-4-5-6-9(2)18-10(3)13-11(15)7-8-12(17)14(13)16/h7-10,18H,4-6H2,1-3H3. The summed E-state index contributed by atoms with van der Waals surface area (Å²) in [5.41, 5.74) is 0.640. The van der Waals surface area contributed by atoms with Crippen LogP contribution in [0, 0.1) is 5.82 Å². The molecule has 0 aromatic heterocycles. The Hall–Kier alpha value is -0.310. The van der Waals surface area contributed by atoms with Crippen molar-refractivity contribution >= 4 is 23.2 Å². The van der Waals surface area contributed by atoms with Gasteiger partial charge < -0.3 is 5.32 Å². The van der Waals surface area contributed by atoms with Gasteiger partial charge in [-0.25, -0.2) is 4.39 Å². The van der Waals surface area contributed by atoms with Crippen LogP contribution < -0.4 is 5.32 Å². The second-order valence-electron chi connectivity index (χ2n) is 4.69. The van der Waals surface area contributed by atoms with Crippen LogP contribution in [0.4, 0.5) is 4.39 Å². The minimum Gasteiger partial charge on any atom is -0.308 e. The molecule has 0 bridgehead atoms. The lowest BCUT2D eigenvalue weighted by Gasteiger charge is -2.22. The molecule has 0 aliphatic carbocycles. The van der Waals surface area contributed by atoms with E-state index in [2.05, 4.69) is 19.2 Å². The third-order valence-electron chi connectivity index (χ3n) is 3.04.